The minimum absolute atomic E-state index is 0. The van der Waals surface area contributed by atoms with Crippen LogP contribution in [-0.4, -0.2) is 0 Å². The molecule has 0 nitrogen and oxygen atoms in total. The van der Waals surface area contributed by atoms with Crippen LogP contribution in [0.25, 0.3) is 0 Å². The molecule has 0 aliphatic heterocycles. The Kier molecular flexibility index (Phi) is 5.87. The van der Waals surface area contributed by atoms with Gasteiger partial charge in [-0.2, -0.15) is 0 Å². The van der Waals surface area contributed by atoms with E-state index in [4.69, 9.17) is 0 Å². The maximum atomic E-state index is 3.12. The van der Waals surface area contributed by atoms with Crippen molar-refractivity contribution in [2.75, 3.05) is 0 Å². The first-order valence-electron chi connectivity index (χ1n) is 2.88. The molecule has 0 bridgehead atoms. The molecule has 0 fully saturated rings. The molecule has 9 heavy (non-hydrogen) atoms. The summed E-state index contributed by atoms with van der Waals surface area (Å²) in [5.41, 5.74) is 0. The molecule has 0 aromatic rings. The van der Waals surface area contributed by atoms with E-state index in [1.165, 1.54) is 0 Å². The largest absolute Gasteiger partial charge is 1.00 e. The van der Waals surface area contributed by atoms with E-state index >= 15 is 0 Å². The molecule has 0 saturated heterocycles. The van der Waals surface area contributed by atoms with Gasteiger partial charge in [-0.25, -0.2) is 12.2 Å². The van der Waals surface area contributed by atoms with Gasteiger partial charge in [-0.3, -0.25) is 6.08 Å². The molecule has 0 amide bonds. The third kappa shape index (κ3) is 4.35. The van der Waals surface area contributed by atoms with Crippen LogP contribution >= 0.6 is 0 Å². The summed E-state index contributed by atoms with van der Waals surface area (Å²) in [5.74, 6) is 0. The molecule has 1 aliphatic carbocycles. The van der Waals surface area contributed by atoms with Gasteiger partial charge in [0.15, 0.2) is 0 Å². The van der Waals surface area contributed by atoms with Crippen LogP contribution in [0.15, 0.2) is 30.4 Å². The van der Waals surface area contributed by atoms with Crippen LogP contribution in [0.1, 0.15) is 12.8 Å². The van der Waals surface area contributed by atoms with E-state index in [1.807, 2.05) is 18.2 Å². The second kappa shape index (κ2) is 5.97. The zero-order valence-electron chi connectivity index (χ0n) is 5.15. The Morgan fingerprint density at radius 1 is 1.11 bits per heavy atom. The molecular weight excluding hydrogens is 197 g/mol. The molecule has 1 heteroatoms. The van der Waals surface area contributed by atoms with Crippen LogP contribution in [0.3, 0.4) is 0 Å². The number of hydrogen-bond donors (Lipinski definition) is 0. The van der Waals surface area contributed by atoms with E-state index in [2.05, 4.69) is 18.2 Å². The van der Waals surface area contributed by atoms with Crippen molar-refractivity contribution < 1.29 is 19.5 Å². The maximum Gasteiger partial charge on any atom is 1.00 e. The first-order chi connectivity index (χ1) is 4.00. The average Bonchev–Trinajstić information content (AvgIpc) is 1.62. The summed E-state index contributed by atoms with van der Waals surface area (Å²) in [6.45, 7) is 0. The first-order valence-corrected chi connectivity index (χ1v) is 2.88. The predicted octanol–water partition coefficient (Wildman–Crippen LogP) is 2.25. The summed E-state index contributed by atoms with van der Waals surface area (Å²) >= 11 is 0. The third-order valence-corrected chi connectivity index (χ3v) is 1.03. The molecule has 0 N–H and O–H groups in total. The van der Waals surface area contributed by atoms with E-state index in [1.54, 1.807) is 0 Å². The molecular formula is C8H9Ru. The second-order valence-corrected chi connectivity index (χ2v) is 1.72. The molecule has 0 atom stereocenters. The van der Waals surface area contributed by atoms with E-state index in [9.17, 15) is 0 Å². The fraction of sp³-hybridized carbons (Fsp3) is 0.250. The molecule has 0 aromatic carbocycles. The van der Waals surface area contributed by atoms with E-state index < -0.39 is 0 Å². The molecule has 0 spiro atoms. The van der Waals surface area contributed by atoms with Crippen molar-refractivity contribution in [3.8, 4) is 0 Å². The normalized spacial score (nSPS) is 16.0. The fourth-order valence-electron chi connectivity index (χ4n) is 0.613. The summed E-state index contributed by atoms with van der Waals surface area (Å²) in [4.78, 5) is 0. The Bertz CT molecular complexity index is 116. The van der Waals surface area contributed by atoms with Gasteiger partial charge in [0.1, 0.15) is 0 Å². The van der Waals surface area contributed by atoms with Gasteiger partial charge in [0.2, 0.25) is 0 Å². The minimum atomic E-state index is 0. The monoisotopic (exact) mass is 207 g/mol. The summed E-state index contributed by atoms with van der Waals surface area (Å²) in [5, 5.41) is 0. The number of rotatable bonds is 0. The number of allylic oxidation sites excluding steroid dienone is 6. The van der Waals surface area contributed by atoms with Gasteiger partial charge in [-0.1, -0.05) is 12.2 Å². The van der Waals surface area contributed by atoms with Crippen LogP contribution in [0.2, 0.25) is 0 Å². The zero-order chi connectivity index (χ0) is 5.66. The van der Waals surface area contributed by atoms with Crippen molar-refractivity contribution in [2.24, 2.45) is 0 Å². The maximum absolute atomic E-state index is 3.12. The molecule has 1 radical (unpaired) electrons. The van der Waals surface area contributed by atoms with E-state index in [0.29, 0.717) is 0 Å². The molecule has 0 saturated carbocycles. The van der Waals surface area contributed by atoms with Gasteiger partial charge in [0.05, 0.1) is 0 Å². The SMILES string of the molecule is [C-]1=CC=CC=CCC1.[Ru+]. The van der Waals surface area contributed by atoms with Gasteiger partial charge in [0, 0.05) is 0 Å². The van der Waals surface area contributed by atoms with Gasteiger partial charge in [-0.05, 0) is 6.42 Å². The van der Waals surface area contributed by atoms with Crippen LogP contribution in [0, 0.1) is 6.08 Å². The van der Waals surface area contributed by atoms with Crippen LogP contribution < -0.4 is 0 Å². The number of hydrogen-bond acceptors (Lipinski definition) is 0. The van der Waals surface area contributed by atoms with E-state index in [-0.39, 0.29) is 19.5 Å². The predicted molar refractivity (Wildman–Crippen MR) is 35.3 cm³/mol. The van der Waals surface area contributed by atoms with Crippen molar-refractivity contribution in [2.45, 2.75) is 12.8 Å². The first kappa shape index (κ1) is 8.84. The molecule has 0 aromatic heterocycles. The molecule has 0 heterocycles. The molecule has 1 rings (SSSR count). The van der Waals surface area contributed by atoms with Gasteiger partial charge < -0.3 is 0 Å². The van der Waals surface area contributed by atoms with Crippen molar-refractivity contribution in [3.05, 3.63) is 36.5 Å². The van der Waals surface area contributed by atoms with Crippen LogP contribution in [-0.2, 0) is 19.5 Å². The minimum Gasteiger partial charge on any atom is -0.275 e. The molecule has 0 unspecified atom stereocenters. The second-order valence-electron chi connectivity index (χ2n) is 1.72. The molecule has 49 valence electrons. The van der Waals surface area contributed by atoms with Gasteiger partial charge in [0.25, 0.3) is 0 Å². The summed E-state index contributed by atoms with van der Waals surface area (Å²) in [7, 11) is 0. The van der Waals surface area contributed by atoms with Crippen molar-refractivity contribution in [3.63, 3.8) is 0 Å². The quantitative estimate of drug-likeness (QED) is 0.421. The Balaban J connectivity index is 0.000000640. The van der Waals surface area contributed by atoms with Crippen LogP contribution in [0.5, 0.6) is 0 Å². The summed E-state index contributed by atoms with van der Waals surface area (Å²) in [6.07, 6.45) is 15.5. The van der Waals surface area contributed by atoms with Crippen molar-refractivity contribution in [1.29, 1.82) is 0 Å². The van der Waals surface area contributed by atoms with Crippen molar-refractivity contribution in [1.82, 2.24) is 0 Å². The zero-order valence-corrected chi connectivity index (χ0v) is 6.89. The summed E-state index contributed by atoms with van der Waals surface area (Å²) in [6, 6.07) is 0. The topological polar surface area (TPSA) is 0 Å². The van der Waals surface area contributed by atoms with Gasteiger partial charge >= 0.3 is 19.5 Å². The van der Waals surface area contributed by atoms with Crippen molar-refractivity contribution >= 4 is 0 Å². The fourth-order valence-corrected chi connectivity index (χ4v) is 0.613. The Hall–Kier alpha value is -0.157. The smallest absolute Gasteiger partial charge is 0.275 e. The van der Waals surface area contributed by atoms with E-state index in [0.717, 1.165) is 12.8 Å². The Morgan fingerprint density at radius 3 is 2.89 bits per heavy atom. The third-order valence-electron chi connectivity index (χ3n) is 1.03. The summed E-state index contributed by atoms with van der Waals surface area (Å²) < 4.78 is 0. The molecule has 1 aliphatic rings. The average molecular weight is 206 g/mol. The Morgan fingerprint density at radius 2 is 2.00 bits per heavy atom. The van der Waals surface area contributed by atoms with Gasteiger partial charge in [-0.15, -0.1) is 12.5 Å². The standard InChI is InChI=1S/C8H9.Ru/c1-2-4-6-8-7-5-3-1;/h1-5H,6,8H2;/q-1;+1. The van der Waals surface area contributed by atoms with Crippen LogP contribution in [0.4, 0.5) is 0 Å². The Labute approximate surface area is 69.1 Å².